The van der Waals surface area contributed by atoms with Gasteiger partial charge in [0.25, 0.3) is 5.91 Å². The summed E-state index contributed by atoms with van der Waals surface area (Å²) in [6.07, 6.45) is 0. The predicted molar refractivity (Wildman–Crippen MR) is 132 cm³/mol. The largest absolute Gasteiger partial charge is 0.468 e. The molecule has 1 heterocycles. The smallest absolute Gasteiger partial charge is 0.325 e. The molecule has 0 aliphatic rings. The Balaban J connectivity index is 2.03. The van der Waals surface area contributed by atoms with Crippen molar-refractivity contribution in [1.82, 2.24) is 8.87 Å². The molecule has 0 unspecified atom stereocenters. The molecule has 34 heavy (non-hydrogen) atoms. The first-order valence-electron chi connectivity index (χ1n) is 11.0. The molecule has 0 saturated heterocycles. The summed E-state index contributed by atoms with van der Waals surface area (Å²) in [5, 5.41) is 0. The first kappa shape index (κ1) is 25.8. The Morgan fingerprint density at radius 2 is 1.74 bits per heavy atom. The standard InChI is InChI=1S/C24H29N3O5S2/c1-6-26(7-2)34(30,31)19-11-8-17(9-12-19)23(29)25-24-27(15-22(28)32-5)20-13-10-18(16(3)4)14-21(20)33-24/h8-14,16H,6-7,15H2,1-5H3. The van der Waals surface area contributed by atoms with Crippen molar-refractivity contribution < 1.29 is 22.7 Å². The van der Waals surface area contributed by atoms with Crippen LogP contribution in [0.25, 0.3) is 10.2 Å². The number of esters is 1. The normalized spacial score (nSPS) is 12.6. The van der Waals surface area contributed by atoms with Crippen LogP contribution in [0.3, 0.4) is 0 Å². The second-order valence-corrected chi connectivity index (χ2v) is 10.9. The van der Waals surface area contributed by atoms with Crippen LogP contribution in [0.4, 0.5) is 0 Å². The van der Waals surface area contributed by atoms with Crippen molar-refractivity contribution >= 4 is 43.5 Å². The monoisotopic (exact) mass is 503 g/mol. The Hall–Kier alpha value is -2.82. The minimum Gasteiger partial charge on any atom is -0.468 e. The summed E-state index contributed by atoms with van der Waals surface area (Å²) >= 11 is 1.31. The maximum absolute atomic E-state index is 12.9. The minimum absolute atomic E-state index is 0.0787. The summed E-state index contributed by atoms with van der Waals surface area (Å²) in [5.74, 6) is -0.651. The van der Waals surface area contributed by atoms with Gasteiger partial charge in [0.15, 0.2) is 4.80 Å². The lowest BCUT2D eigenvalue weighted by Gasteiger charge is -2.18. The van der Waals surface area contributed by atoms with Crippen LogP contribution in [0.1, 0.15) is 49.5 Å². The summed E-state index contributed by atoms with van der Waals surface area (Å²) in [4.78, 5) is 29.7. The van der Waals surface area contributed by atoms with E-state index in [1.165, 1.54) is 47.0 Å². The average Bonchev–Trinajstić information content (AvgIpc) is 3.15. The lowest BCUT2D eigenvalue weighted by atomic mass is 10.0. The molecular weight excluding hydrogens is 474 g/mol. The molecule has 0 aliphatic carbocycles. The molecule has 10 heteroatoms. The lowest BCUT2D eigenvalue weighted by molar-refractivity contribution is -0.141. The zero-order valence-electron chi connectivity index (χ0n) is 19.9. The Bertz CT molecular complexity index is 1370. The van der Waals surface area contributed by atoms with Crippen molar-refractivity contribution in [1.29, 1.82) is 0 Å². The van der Waals surface area contributed by atoms with Gasteiger partial charge in [-0.1, -0.05) is 45.1 Å². The van der Waals surface area contributed by atoms with Gasteiger partial charge in [0, 0.05) is 18.7 Å². The fourth-order valence-corrected chi connectivity index (χ4v) is 6.05. The molecular formula is C24H29N3O5S2. The summed E-state index contributed by atoms with van der Waals surface area (Å²) in [7, 11) is -2.31. The van der Waals surface area contributed by atoms with Gasteiger partial charge >= 0.3 is 5.97 Å². The van der Waals surface area contributed by atoms with E-state index in [0.717, 1.165) is 15.8 Å². The highest BCUT2D eigenvalue weighted by Gasteiger charge is 2.22. The zero-order valence-corrected chi connectivity index (χ0v) is 21.6. The van der Waals surface area contributed by atoms with Crippen LogP contribution in [0.2, 0.25) is 0 Å². The van der Waals surface area contributed by atoms with Crippen LogP contribution in [0.15, 0.2) is 52.4 Å². The molecule has 0 fully saturated rings. The lowest BCUT2D eigenvalue weighted by Crippen LogP contribution is -2.30. The van der Waals surface area contributed by atoms with Crippen molar-refractivity contribution in [2.24, 2.45) is 4.99 Å². The number of rotatable bonds is 8. The number of aromatic nitrogens is 1. The molecule has 2 aromatic carbocycles. The number of hydrogen-bond acceptors (Lipinski definition) is 6. The van der Waals surface area contributed by atoms with E-state index >= 15 is 0 Å². The van der Waals surface area contributed by atoms with Crippen LogP contribution < -0.4 is 4.80 Å². The number of sulfonamides is 1. The molecule has 0 spiro atoms. The first-order chi connectivity index (χ1) is 16.1. The van der Waals surface area contributed by atoms with Gasteiger partial charge in [0.2, 0.25) is 10.0 Å². The quantitative estimate of drug-likeness (QED) is 0.436. The van der Waals surface area contributed by atoms with E-state index in [0.29, 0.717) is 23.8 Å². The van der Waals surface area contributed by atoms with E-state index in [2.05, 4.69) is 18.8 Å². The molecule has 8 nitrogen and oxygen atoms in total. The van der Waals surface area contributed by atoms with E-state index in [4.69, 9.17) is 4.74 Å². The topological polar surface area (TPSA) is 98.0 Å². The van der Waals surface area contributed by atoms with Gasteiger partial charge in [0.05, 0.1) is 22.2 Å². The zero-order chi connectivity index (χ0) is 25.0. The molecule has 0 saturated carbocycles. The molecule has 3 aromatic rings. The molecule has 0 N–H and O–H groups in total. The highest BCUT2D eigenvalue weighted by Crippen LogP contribution is 2.24. The maximum atomic E-state index is 12.9. The summed E-state index contributed by atoms with van der Waals surface area (Å²) in [6.45, 7) is 8.38. The Kier molecular flexibility index (Phi) is 8.06. The molecule has 3 rings (SSSR count). The van der Waals surface area contributed by atoms with E-state index in [-0.39, 0.29) is 17.0 Å². The Labute approximate surface area is 203 Å². The van der Waals surface area contributed by atoms with Crippen LogP contribution >= 0.6 is 11.3 Å². The van der Waals surface area contributed by atoms with Gasteiger partial charge in [-0.2, -0.15) is 9.30 Å². The first-order valence-corrected chi connectivity index (χ1v) is 13.3. The average molecular weight is 504 g/mol. The molecule has 1 aromatic heterocycles. The summed E-state index contributed by atoms with van der Waals surface area (Å²) in [5.41, 5.74) is 2.18. The molecule has 0 aliphatic heterocycles. The summed E-state index contributed by atoms with van der Waals surface area (Å²) < 4.78 is 34.1. The van der Waals surface area contributed by atoms with Gasteiger partial charge in [0.1, 0.15) is 6.54 Å². The van der Waals surface area contributed by atoms with Gasteiger partial charge in [-0.05, 0) is 47.9 Å². The molecule has 0 atom stereocenters. The number of hydrogen-bond donors (Lipinski definition) is 0. The van der Waals surface area contributed by atoms with Gasteiger partial charge in [-0.25, -0.2) is 8.42 Å². The third kappa shape index (κ3) is 5.29. The number of thiazole rings is 1. The number of carbonyl (C=O) groups is 2. The van der Waals surface area contributed by atoms with Crippen molar-refractivity contribution in [2.75, 3.05) is 20.2 Å². The number of methoxy groups -OCH3 is 1. The third-order valence-corrected chi connectivity index (χ3v) is 8.64. The third-order valence-electron chi connectivity index (χ3n) is 5.53. The number of carbonyl (C=O) groups excluding carboxylic acids is 2. The van der Waals surface area contributed by atoms with Crippen LogP contribution in [0.5, 0.6) is 0 Å². The SMILES string of the molecule is CCN(CC)S(=O)(=O)c1ccc(C(=O)N=c2sc3cc(C(C)C)ccc3n2CC(=O)OC)cc1. The molecule has 182 valence electrons. The van der Waals surface area contributed by atoms with E-state index in [9.17, 15) is 18.0 Å². The van der Waals surface area contributed by atoms with Crippen molar-refractivity contribution in [3.8, 4) is 0 Å². The van der Waals surface area contributed by atoms with E-state index < -0.39 is 21.9 Å². The number of amides is 1. The highest BCUT2D eigenvalue weighted by atomic mass is 32.2. The highest BCUT2D eigenvalue weighted by molar-refractivity contribution is 7.89. The van der Waals surface area contributed by atoms with Gasteiger partial charge in [-0.3, -0.25) is 9.59 Å². The maximum Gasteiger partial charge on any atom is 0.325 e. The van der Waals surface area contributed by atoms with Crippen LogP contribution in [-0.2, 0) is 26.1 Å². The number of fused-ring (bicyclic) bond motifs is 1. The summed E-state index contributed by atoms with van der Waals surface area (Å²) in [6, 6.07) is 11.7. The van der Waals surface area contributed by atoms with Crippen molar-refractivity contribution in [3.63, 3.8) is 0 Å². The Morgan fingerprint density at radius 1 is 1.09 bits per heavy atom. The minimum atomic E-state index is -3.62. The van der Waals surface area contributed by atoms with Crippen LogP contribution in [-0.4, -0.2) is 49.4 Å². The van der Waals surface area contributed by atoms with Crippen molar-refractivity contribution in [2.45, 2.75) is 45.1 Å². The van der Waals surface area contributed by atoms with Crippen molar-refractivity contribution in [3.05, 3.63) is 58.4 Å². The molecule has 1 amide bonds. The second-order valence-electron chi connectivity index (χ2n) is 7.96. The fourth-order valence-electron chi connectivity index (χ4n) is 3.51. The predicted octanol–water partition coefficient (Wildman–Crippen LogP) is 3.77. The second kappa shape index (κ2) is 10.6. The van der Waals surface area contributed by atoms with E-state index in [1.807, 2.05) is 18.2 Å². The molecule has 0 radical (unpaired) electrons. The number of ether oxygens (including phenoxy) is 1. The van der Waals surface area contributed by atoms with Gasteiger partial charge < -0.3 is 9.30 Å². The van der Waals surface area contributed by atoms with Crippen LogP contribution in [0, 0.1) is 0 Å². The van der Waals surface area contributed by atoms with E-state index in [1.54, 1.807) is 18.4 Å². The number of benzene rings is 2. The van der Waals surface area contributed by atoms with Gasteiger partial charge in [-0.15, -0.1) is 0 Å². The Morgan fingerprint density at radius 3 is 2.29 bits per heavy atom. The fraction of sp³-hybridized carbons (Fsp3) is 0.375. The number of nitrogens with zero attached hydrogens (tertiary/aromatic N) is 3. The molecule has 0 bridgehead atoms.